The van der Waals surface area contributed by atoms with Crippen LogP contribution in [-0.2, 0) is 6.54 Å². The van der Waals surface area contributed by atoms with Gasteiger partial charge in [0.05, 0.1) is 6.10 Å². The van der Waals surface area contributed by atoms with Crippen molar-refractivity contribution in [1.82, 2.24) is 10.2 Å². The Morgan fingerprint density at radius 3 is 2.79 bits per heavy atom. The van der Waals surface area contributed by atoms with E-state index in [4.69, 9.17) is 11.6 Å². The molecule has 0 bridgehead atoms. The SMILES string of the molecule is OC(CNCc1ccc(Br)cc1Cl)CN1CCCC1. The minimum atomic E-state index is -0.313. The van der Waals surface area contributed by atoms with E-state index in [9.17, 15) is 5.11 Å². The number of aliphatic hydroxyl groups excluding tert-OH is 1. The van der Waals surface area contributed by atoms with Crippen LogP contribution >= 0.6 is 27.5 Å². The Balaban J connectivity index is 1.70. The fourth-order valence-corrected chi connectivity index (χ4v) is 3.11. The normalized spacial score (nSPS) is 17.8. The van der Waals surface area contributed by atoms with Crippen LogP contribution in [0.15, 0.2) is 22.7 Å². The number of benzene rings is 1. The molecule has 1 aromatic rings. The molecule has 1 heterocycles. The van der Waals surface area contributed by atoms with Gasteiger partial charge in [-0.25, -0.2) is 0 Å². The maximum atomic E-state index is 9.96. The number of aliphatic hydroxyl groups is 1. The fraction of sp³-hybridized carbons (Fsp3) is 0.571. The minimum Gasteiger partial charge on any atom is -0.390 e. The van der Waals surface area contributed by atoms with Crippen LogP contribution in [-0.4, -0.2) is 42.3 Å². The van der Waals surface area contributed by atoms with Crippen molar-refractivity contribution in [3.05, 3.63) is 33.3 Å². The third-order valence-corrected chi connectivity index (χ3v) is 4.22. The Hall–Kier alpha value is -0.130. The topological polar surface area (TPSA) is 35.5 Å². The van der Waals surface area contributed by atoms with E-state index in [0.717, 1.165) is 34.7 Å². The molecule has 0 aliphatic carbocycles. The van der Waals surface area contributed by atoms with Crippen molar-refractivity contribution >= 4 is 27.5 Å². The van der Waals surface area contributed by atoms with Gasteiger partial charge in [-0.15, -0.1) is 0 Å². The molecule has 1 aromatic carbocycles. The summed E-state index contributed by atoms with van der Waals surface area (Å²) in [6.45, 7) is 4.29. The lowest BCUT2D eigenvalue weighted by molar-refractivity contribution is 0.123. The average molecular weight is 348 g/mol. The highest BCUT2D eigenvalue weighted by atomic mass is 79.9. The Morgan fingerprint density at radius 2 is 2.11 bits per heavy atom. The van der Waals surface area contributed by atoms with E-state index in [2.05, 4.69) is 26.1 Å². The molecule has 0 spiro atoms. The number of β-amino-alcohol motifs (C(OH)–C–C–N with tert-alkyl or cyclic N) is 1. The van der Waals surface area contributed by atoms with Gasteiger partial charge in [0, 0.05) is 29.1 Å². The maximum Gasteiger partial charge on any atom is 0.0791 e. The second-order valence-electron chi connectivity index (χ2n) is 5.03. The Morgan fingerprint density at radius 1 is 1.37 bits per heavy atom. The zero-order chi connectivity index (χ0) is 13.7. The van der Waals surface area contributed by atoms with Crippen molar-refractivity contribution in [1.29, 1.82) is 0 Å². The largest absolute Gasteiger partial charge is 0.390 e. The summed E-state index contributed by atoms with van der Waals surface area (Å²) in [4.78, 5) is 2.32. The molecule has 0 amide bonds. The predicted octanol–water partition coefficient (Wildman–Crippen LogP) is 2.65. The van der Waals surface area contributed by atoms with Gasteiger partial charge in [-0.1, -0.05) is 33.6 Å². The van der Waals surface area contributed by atoms with Crippen molar-refractivity contribution in [2.45, 2.75) is 25.5 Å². The third kappa shape index (κ3) is 5.04. The summed E-state index contributed by atoms with van der Waals surface area (Å²) < 4.78 is 0.982. The van der Waals surface area contributed by atoms with Gasteiger partial charge < -0.3 is 15.3 Å². The number of halogens is 2. The molecular weight excluding hydrogens is 328 g/mol. The van der Waals surface area contributed by atoms with Gasteiger partial charge in [0.25, 0.3) is 0 Å². The van der Waals surface area contributed by atoms with E-state index in [1.54, 1.807) is 0 Å². The number of rotatable bonds is 6. The summed E-state index contributed by atoms with van der Waals surface area (Å²) in [5.41, 5.74) is 1.05. The molecule has 1 saturated heterocycles. The van der Waals surface area contributed by atoms with Crippen LogP contribution in [0.4, 0.5) is 0 Å². The van der Waals surface area contributed by atoms with Crippen molar-refractivity contribution in [2.24, 2.45) is 0 Å². The van der Waals surface area contributed by atoms with Gasteiger partial charge in [0.15, 0.2) is 0 Å². The number of hydrogen-bond acceptors (Lipinski definition) is 3. The number of nitrogens with one attached hydrogen (secondary N) is 1. The van der Waals surface area contributed by atoms with E-state index < -0.39 is 0 Å². The van der Waals surface area contributed by atoms with Crippen LogP contribution in [0, 0.1) is 0 Å². The number of likely N-dealkylation sites (tertiary alicyclic amines) is 1. The first kappa shape index (κ1) is 15.3. The fourth-order valence-electron chi connectivity index (χ4n) is 2.37. The molecule has 1 aliphatic heterocycles. The lowest BCUT2D eigenvalue weighted by Gasteiger charge is -2.19. The molecule has 1 aliphatic rings. The lowest BCUT2D eigenvalue weighted by atomic mass is 10.2. The van der Waals surface area contributed by atoms with Gasteiger partial charge in [-0.2, -0.15) is 0 Å². The van der Waals surface area contributed by atoms with Gasteiger partial charge in [0.1, 0.15) is 0 Å². The first-order chi connectivity index (χ1) is 9.15. The number of nitrogens with zero attached hydrogens (tertiary/aromatic N) is 1. The van der Waals surface area contributed by atoms with Crippen LogP contribution in [0.25, 0.3) is 0 Å². The van der Waals surface area contributed by atoms with E-state index in [1.807, 2.05) is 18.2 Å². The van der Waals surface area contributed by atoms with Crippen LogP contribution in [0.1, 0.15) is 18.4 Å². The number of hydrogen-bond donors (Lipinski definition) is 2. The van der Waals surface area contributed by atoms with Crippen LogP contribution in [0.2, 0.25) is 5.02 Å². The van der Waals surface area contributed by atoms with E-state index in [1.165, 1.54) is 12.8 Å². The Labute approximate surface area is 128 Å². The smallest absolute Gasteiger partial charge is 0.0791 e. The first-order valence-corrected chi connectivity index (χ1v) is 7.87. The molecule has 1 atom stereocenters. The van der Waals surface area contributed by atoms with Crippen molar-refractivity contribution in [3.8, 4) is 0 Å². The monoisotopic (exact) mass is 346 g/mol. The summed E-state index contributed by atoms with van der Waals surface area (Å²) in [7, 11) is 0. The summed E-state index contributed by atoms with van der Waals surface area (Å²) in [6.07, 6.45) is 2.20. The highest BCUT2D eigenvalue weighted by Crippen LogP contribution is 2.21. The Kier molecular flexibility index (Phi) is 6.10. The maximum absolute atomic E-state index is 9.96. The standard InChI is InChI=1S/C14H20BrClN2O/c15-12-4-3-11(14(16)7-12)8-17-9-13(19)10-18-5-1-2-6-18/h3-4,7,13,17,19H,1-2,5-6,8-10H2. The minimum absolute atomic E-state index is 0.313. The molecule has 19 heavy (non-hydrogen) atoms. The van der Waals surface area contributed by atoms with Gasteiger partial charge in [-0.05, 0) is 43.6 Å². The van der Waals surface area contributed by atoms with Crippen LogP contribution in [0.5, 0.6) is 0 Å². The zero-order valence-corrected chi connectivity index (χ0v) is 13.3. The van der Waals surface area contributed by atoms with Crippen molar-refractivity contribution in [3.63, 3.8) is 0 Å². The van der Waals surface area contributed by atoms with Gasteiger partial charge in [-0.3, -0.25) is 0 Å². The second kappa shape index (κ2) is 7.60. The summed E-state index contributed by atoms with van der Waals surface area (Å²) in [6, 6.07) is 5.86. The van der Waals surface area contributed by atoms with Gasteiger partial charge in [0.2, 0.25) is 0 Å². The van der Waals surface area contributed by atoms with Crippen LogP contribution < -0.4 is 5.32 Å². The van der Waals surface area contributed by atoms with E-state index in [-0.39, 0.29) is 6.10 Å². The first-order valence-electron chi connectivity index (χ1n) is 6.70. The summed E-state index contributed by atoms with van der Waals surface area (Å²) in [5.74, 6) is 0. The van der Waals surface area contributed by atoms with Gasteiger partial charge >= 0.3 is 0 Å². The molecule has 3 nitrogen and oxygen atoms in total. The van der Waals surface area contributed by atoms with E-state index >= 15 is 0 Å². The molecule has 2 rings (SSSR count). The second-order valence-corrected chi connectivity index (χ2v) is 6.35. The average Bonchev–Trinajstić information content (AvgIpc) is 2.84. The molecular formula is C14H20BrClN2O. The molecule has 2 N–H and O–H groups in total. The highest BCUT2D eigenvalue weighted by Gasteiger charge is 2.15. The van der Waals surface area contributed by atoms with E-state index in [0.29, 0.717) is 13.1 Å². The van der Waals surface area contributed by atoms with Crippen molar-refractivity contribution in [2.75, 3.05) is 26.2 Å². The molecule has 0 aromatic heterocycles. The quantitative estimate of drug-likeness (QED) is 0.830. The third-order valence-electron chi connectivity index (χ3n) is 3.38. The van der Waals surface area contributed by atoms with Crippen molar-refractivity contribution < 1.29 is 5.11 Å². The molecule has 1 fully saturated rings. The zero-order valence-electron chi connectivity index (χ0n) is 10.9. The lowest BCUT2D eigenvalue weighted by Crippen LogP contribution is -2.36. The molecule has 106 valence electrons. The predicted molar refractivity (Wildman–Crippen MR) is 82.5 cm³/mol. The summed E-state index contributed by atoms with van der Waals surface area (Å²) in [5, 5.41) is 14.0. The highest BCUT2D eigenvalue weighted by molar-refractivity contribution is 9.10. The van der Waals surface area contributed by atoms with Crippen LogP contribution in [0.3, 0.4) is 0 Å². The Bertz CT molecular complexity index is 410. The summed E-state index contributed by atoms with van der Waals surface area (Å²) >= 11 is 9.53. The molecule has 0 radical (unpaired) electrons. The molecule has 0 saturated carbocycles. The molecule has 5 heteroatoms. The molecule has 1 unspecified atom stereocenters.